The molecule has 0 heterocycles. The molecule has 16 heteroatoms. The van der Waals surface area contributed by atoms with Crippen LogP contribution in [-0.4, -0.2) is 37.0 Å². The van der Waals surface area contributed by atoms with Crippen molar-refractivity contribution in [2.75, 3.05) is 0 Å². The lowest BCUT2D eigenvalue weighted by Gasteiger charge is -2.08. The first-order valence-electron chi connectivity index (χ1n) is 6.76. The monoisotopic (exact) mass is 708 g/mol. The highest BCUT2D eigenvalue weighted by atomic mass is 127. The highest BCUT2D eigenvalue weighted by molar-refractivity contribution is 14.0. The summed E-state index contributed by atoms with van der Waals surface area (Å²) in [5.74, 6) is 0. The summed E-state index contributed by atoms with van der Waals surface area (Å²) in [5.41, 5.74) is -11.2. The van der Waals surface area contributed by atoms with Crippen LogP contribution in [0.1, 0.15) is 0 Å². The molecule has 0 aliphatic rings. The molecule has 0 atom stereocenters. The third-order valence-electron chi connectivity index (χ3n) is 2.26. The first-order chi connectivity index (χ1) is 12.9. The molecule has 0 saturated heterocycles. The molecule has 0 aliphatic heterocycles. The Balaban J connectivity index is 0. The van der Waals surface area contributed by atoms with Crippen LogP contribution in [0.2, 0.25) is 0 Å². The molecule has 0 aromatic heterocycles. The predicted molar refractivity (Wildman–Crippen MR) is 99.0 cm³/mol. The van der Waals surface area contributed by atoms with Crippen LogP contribution in [0.25, 0.3) is 0 Å². The summed E-state index contributed by atoms with van der Waals surface area (Å²) < 4.78 is 119. The summed E-state index contributed by atoms with van der Waals surface area (Å²) in [5, 5.41) is 0. The molecule has 0 unspecified atom stereocenters. The fraction of sp³-hybridized carbons (Fsp3) is 0.143. The van der Waals surface area contributed by atoms with Gasteiger partial charge in [-0.2, -0.15) is 34.8 Å². The molecule has 0 bridgehead atoms. The van der Waals surface area contributed by atoms with Gasteiger partial charge in [0.2, 0.25) is 0 Å². The zero-order valence-corrected chi connectivity index (χ0v) is 20.3. The third kappa shape index (κ3) is 13.6. The minimum absolute atomic E-state index is 0. The summed E-state index contributed by atoms with van der Waals surface area (Å²) in [6.45, 7) is 0. The molecule has 30 heavy (non-hydrogen) atoms. The van der Waals surface area contributed by atoms with E-state index in [4.69, 9.17) is 25.9 Å². The van der Waals surface area contributed by atoms with Crippen LogP contribution in [0, 0.1) is 7.14 Å². The smallest absolute Gasteiger partial charge is 0.522 e. The summed E-state index contributed by atoms with van der Waals surface area (Å²) in [7, 11) is -11.9. The number of rotatable bonds is 2. The molecular formula is C14H12F6I2O6S2. The molecule has 172 valence electrons. The Bertz CT molecular complexity index is 870. The van der Waals surface area contributed by atoms with Crippen LogP contribution >= 0.6 is 24.0 Å². The molecule has 0 amide bonds. The SMILES string of the molecule is I.O=S(=O)(O)C(F)(F)F.O=S(=O)([O-])C(F)(F)F.c1ccc([I+]c2ccccc2)cc1. The molecule has 2 aromatic rings. The summed E-state index contributed by atoms with van der Waals surface area (Å²) in [6.07, 6.45) is 0. The second-order valence-electron chi connectivity index (χ2n) is 4.51. The van der Waals surface area contributed by atoms with Gasteiger partial charge in [-0.25, -0.2) is 8.42 Å². The number of alkyl halides is 6. The van der Waals surface area contributed by atoms with E-state index in [0.717, 1.165) is 0 Å². The molecule has 6 nitrogen and oxygen atoms in total. The zero-order chi connectivity index (χ0) is 22.9. The van der Waals surface area contributed by atoms with Crippen molar-refractivity contribution in [1.82, 2.24) is 0 Å². The van der Waals surface area contributed by atoms with Crippen molar-refractivity contribution in [2.45, 2.75) is 11.0 Å². The summed E-state index contributed by atoms with van der Waals surface area (Å²) in [4.78, 5) is 0. The average Bonchev–Trinajstić information content (AvgIpc) is 2.54. The van der Waals surface area contributed by atoms with Crippen molar-refractivity contribution in [3.63, 3.8) is 0 Å². The van der Waals surface area contributed by atoms with E-state index in [1.807, 2.05) is 0 Å². The maximum absolute atomic E-state index is 10.7. The second kappa shape index (κ2) is 13.0. The Morgan fingerprint density at radius 2 is 0.933 bits per heavy atom. The van der Waals surface area contributed by atoms with Crippen LogP contribution in [0.15, 0.2) is 60.7 Å². The third-order valence-corrected chi connectivity index (χ3v) is 6.10. The van der Waals surface area contributed by atoms with Crippen LogP contribution in [-0.2, 0) is 20.2 Å². The largest absolute Gasteiger partial charge is 0.741 e. The quantitative estimate of drug-likeness (QED) is 0.215. The maximum atomic E-state index is 10.7. The first kappa shape index (κ1) is 31.5. The van der Waals surface area contributed by atoms with E-state index in [1.165, 1.54) is 7.14 Å². The normalized spacial score (nSPS) is 11.7. The van der Waals surface area contributed by atoms with E-state index in [1.54, 1.807) is 0 Å². The van der Waals surface area contributed by atoms with Gasteiger partial charge < -0.3 is 4.55 Å². The number of benzene rings is 2. The van der Waals surface area contributed by atoms with Crippen molar-refractivity contribution < 1.29 is 73.5 Å². The molecule has 2 aromatic carbocycles. The van der Waals surface area contributed by atoms with E-state index in [2.05, 4.69) is 60.7 Å². The van der Waals surface area contributed by atoms with Gasteiger partial charge in [0, 0.05) is 0 Å². The Labute approximate surface area is 195 Å². The minimum Gasteiger partial charge on any atom is -0.741 e. The van der Waals surface area contributed by atoms with Crippen molar-refractivity contribution >= 4 is 44.2 Å². The van der Waals surface area contributed by atoms with E-state index in [-0.39, 0.29) is 45.2 Å². The summed E-state index contributed by atoms with van der Waals surface area (Å²) >= 11 is 0.0287. The van der Waals surface area contributed by atoms with Crippen molar-refractivity contribution in [3.05, 3.63) is 67.8 Å². The lowest BCUT2D eigenvalue weighted by Crippen LogP contribution is -3.61. The van der Waals surface area contributed by atoms with E-state index < -0.39 is 31.3 Å². The molecule has 2 rings (SSSR count). The van der Waals surface area contributed by atoms with E-state index >= 15 is 0 Å². The van der Waals surface area contributed by atoms with Crippen LogP contribution < -0.4 is 21.2 Å². The van der Waals surface area contributed by atoms with Gasteiger partial charge in [0.1, 0.15) is 0 Å². The topological polar surface area (TPSA) is 112 Å². The number of hydrogen-bond acceptors (Lipinski definition) is 5. The van der Waals surface area contributed by atoms with E-state index in [0.29, 0.717) is 0 Å². The van der Waals surface area contributed by atoms with Crippen LogP contribution in [0.3, 0.4) is 0 Å². The Morgan fingerprint density at radius 1 is 0.700 bits per heavy atom. The van der Waals surface area contributed by atoms with Gasteiger partial charge in [0.05, 0.1) is 0 Å². The highest BCUT2D eigenvalue weighted by Gasteiger charge is 2.44. The minimum atomic E-state index is -6.09. The maximum Gasteiger partial charge on any atom is 0.522 e. The van der Waals surface area contributed by atoms with Gasteiger partial charge in [-0.15, -0.1) is 24.0 Å². The highest BCUT2D eigenvalue weighted by Crippen LogP contribution is 2.21. The van der Waals surface area contributed by atoms with Crippen molar-refractivity contribution in [1.29, 1.82) is 0 Å². The standard InChI is InChI=1S/C12H10I.2CHF3O3S.HI/c1-3-7-11(8-4-1)13-12-9-5-2-6-10-12;2*2-1(3,4)8(5,6)7;/h1-10H;2*(H,5,6,7);1H/q+1;;;/p-1. The lowest BCUT2D eigenvalue weighted by molar-refractivity contribution is -0.597. The molecule has 0 fully saturated rings. The molecule has 0 saturated carbocycles. The van der Waals surface area contributed by atoms with E-state index in [9.17, 15) is 26.3 Å². The fourth-order valence-corrected chi connectivity index (χ4v) is 3.35. The Hall–Kier alpha value is -0.700. The zero-order valence-electron chi connectivity index (χ0n) is 14.1. The van der Waals surface area contributed by atoms with Crippen molar-refractivity contribution in [3.8, 4) is 0 Å². The molecule has 0 spiro atoms. The average molecular weight is 708 g/mol. The predicted octanol–water partition coefficient (Wildman–Crippen LogP) is 0.878. The van der Waals surface area contributed by atoms with Gasteiger partial charge in [-0.05, 0) is 24.3 Å². The number of hydrogen-bond donors (Lipinski definition) is 1. The molecule has 0 aliphatic carbocycles. The second-order valence-corrected chi connectivity index (χ2v) is 10.3. The van der Waals surface area contributed by atoms with Crippen molar-refractivity contribution in [2.24, 2.45) is 0 Å². The van der Waals surface area contributed by atoms with Gasteiger partial charge in [-0.3, -0.25) is 4.55 Å². The Kier molecular flexibility index (Phi) is 13.6. The first-order valence-corrected chi connectivity index (χ1v) is 11.8. The van der Waals surface area contributed by atoms with Gasteiger partial charge in [0.25, 0.3) is 0 Å². The molecular weight excluding hydrogens is 696 g/mol. The van der Waals surface area contributed by atoms with Gasteiger partial charge in [-0.1, -0.05) is 36.4 Å². The number of halogens is 8. The molecule has 1 N–H and O–H groups in total. The van der Waals surface area contributed by atoms with Crippen LogP contribution in [0.5, 0.6) is 0 Å². The van der Waals surface area contributed by atoms with Crippen LogP contribution in [0.4, 0.5) is 26.3 Å². The van der Waals surface area contributed by atoms with Gasteiger partial charge >= 0.3 is 42.3 Å². The molecule has 0 radical (unpaired) electrons. The fourth-order valence-electron chi connectivity index (χ4n) is 1.08. The Morgan fingerprint density at radius 3 is 1.10 bits per heavy atom. The van der Waals surface area contributed by atoms with Gasteiger partial charge in [0.15, 0.2) is 17.3 Å². The lowest BCUT2D eigenvalue weighted by atomic mass is 10.4. The summed E-state index contributed by atoms with van der Waals surface area (Å²) in [6, 6.07) is 21.4.